The molecular formula is C16H22ClNO2. The molecule has 3 rings (SSSR count). The molecule has 1 N–H and O–H groups in total. The van der Waals surface area contributed by atoms with E-state index in [0.29, 0.717) is 5.02 Å². The largest absolute Gasteiger partial charge is 0.387 e. The van der Waals surface area contributed by atoms with Crippen LogP contribution in [0.15, 0.2) is 18.3 Å². The van der Waals surface area contributed by atoms with Crippen molar-refractivity contribution < 1.29 is 9.84 Å². The molecule has 20 heavy (non-hydrogen) atoms. The monoisotopic (exact) mass is 295 g/mol. The maximum atomic E-state index is 10.6. The minimum Gasteiger partial charge on any atom is -0.387 e. The number of ether oxygens (including phenoxy) is 1. The molecular weight excluding hydrogens is 274 g/mol. The summed E-state index contributed by atoms with van der Waals surface area (Å²) in [7, 11) is 0. The lowest BCUT2D eigenvalue weighted by Gasteiger charge is -2.44. The molecule has 0 bridgehead atoms. The third-order valence-electron chi connectivity index (χ3n) is 4.80. The summed E-state index contributed by atoms with van der Waals surface area (Å²) in [5.41, 5.74) is 0.751. The predicted molar refractivity (Wildman–Crippen MR) is 78.7 cm³/mol. The van der Waals surface area contributed by atoms with Gasteiger partial charge in [0.15, 0.2) is 0 Å². The molecule has 0 aromatic carbocycles. The Kier molecular flexibility index (Phi) is 4.29. The molecule has 1 aliphatic heterocycles. The highest BCUT2D eigenvalue weighted by atomic mass is 35.5. The van der Waals surface area contributed by atoms with Gasteiger partial charge in [-0.05, 0) is 43.7 Å². The highest BCUT2D eigenvalue weighted by Gasteiger charge is 2.40. The van der Waals surface area contributed by atoms with Gasteiger partial charge in [0, 0.05) is 12.8 Å². The van der Waals surface area contributed by atoms with E-state index in [4.69, 9.17) is 16.3 Å². The van der Waals surface area contributed by atoms with Crippen molar-refractivity contribution in [3.8, 4) is 0 Å². The van der Waals surface area contributed by atoms with E-state index in [2.05, 4.69) is 4.98 Å². The zero-order valence-corrected chi connectivity index (χ0v) is 12.5. The number of rotatable bonds is 2. The van der Waals surface area contributed by atoms with Crippen molar-refractivity contribution in [2.24, 2.45) is 5.92 Å². The topological polar surface area (TPSA) is 42.4 Å². The van der Waals surface area contributed by atoms with E-state index < -0.39 is 6.10 Å². The van der Waals surface area contributed by atoms with Crippen LogP contribution in [-0.2, 0) is 4.74 Å². The third kappa shape index (κ3) is 3.00. The lowest BCUT2D eigenvalue weighted by atomic mass is 9.74. The van der Waals surface area contributed by atoms with Crippen LogP contribution in [0.4, 0.5) is 0 Å². The molecule has 2 atom stereocenters. The van der Waals surface area contributed by atoms with Crippen LogP contribution in [0, 0.1) is 5.92 Å². The second kappa shape index (κ2) is 6.00. The average molecular weight is 296 g/mol. The highest BCUT2D eigenvalue weighted by Crippen LogP contribution is 2.44. The summed E-state index contributed by atoms with van der Waals surface area (Å²) >= 11 is 5.85. The quantitative estimate of drug-likeness (QED) is 0.900. The van der Waals surface area contributed by atoms with Crippen molar-refractivity contribution in [1.82, 2.24) is 4.98 Å². The van der Waals surface area contributed by atoms with Crippen molar-refractivity contribution in [2.75, 3.05) is 6.61 Å². The number of hydrogen-bond donors (Lipinski definition) is 1. The molecule has 1 spiro atoms. The number of pyridine rings is 1. The lowest BCUT2D eigenvalue weighted by molar-refractivity contribution is -0.134. The van der Waals surface area contributed by atoms with Crippen LogP contribution in [0.5, 0.6) is 0 Å². The minimum absolute atomic E-state index is 0.0224. The van der Waals surface area contributed by atoms with Gasteiger partial charge in [-0.25, -0.2) is 0 Å². The molecule has 1 saturated heterocycles. The Morgan fingerprint density at radius 3 is 2.80 bits per heavy atom. The van der Waals surface area contributed by atoms with Gasteiger partial charge in [0.05, 0.1) is 22.4 Å². The number of halogens is 1. The smallest absolute Gasteiger partial charge is 0.0989 e. The van der Waals surface area contributed by atoms with Crippen LogP contribution >= 0.6 is 11.6 Å². The summed E-state index contributed by atoms with van der Waals surface area (Å²) in [6, 6.07) is 3.62. The fourth-order valence-electron chi connectivity index (χ4n) is 3.68. The van der Waals surface area contributed by atoms with Gasteiger partial charge in [0.2, 0.25) is 0 Å². The van der Waals surface area contributed by atoms with Gasteiger partial charge in [-0.1, -0.05) is 30.9 Å². The fourth-order valence-corrected chi connectivity index (χ4v) is 3.80. The zero-order valence-electron chi connectivity index (χ0n) is 11.7. The molecule has 2 aliphatic rings. The van der Waals surface area contributed by atoms with E-state index in [1.165, 1.54) is 19.3 Å². The standard InChI is InChI=1S/C16H22ClNO2/c17-13-4-5-14(18-11-13)15(19)12-6-9-20-16(10-12)7-2-1-3-8-16/h4-5,11-12,15,19H,1-3,6-10H2. The van der Waals surface area contributed by atoms with Gasteiger partial charge in [0.25, 0.3) is 0 Å². The van der Waals surface area contributed by atoms with Crippen LogP contribution < -0.4 is 0 Å². The Bertz CT molecular complexity index is 437. The Morgan fingerprint density at radius 2 is 2.10 bits per heavy atom. The number of aliphatic hydroxyl groups excluding tert-OH is 1. The summed E-state index contributed by atoms with van der Waals surface area (Å²) in [5.74, 6) is 0.246. The first-order chi connectivity index (χ1) is 9.69. The predicted octanol–water partition coefficient (Wildman–Crippen LogP) is 3.90. The third-order valence-corrected chi connectivity index (χ3v) is 5.02. The fraction of sp³-hybridized carbons (Fsp3) is 0.688. The van der Waals surface area contributed by atoms with E-state index in [9.17, 15) is 5.11 Å². The SMILES string of the molecule is OC(c1ccc(Cl)cn1)C1CCOC2(CCCCC2)C1. The van der Waals surface area contributed by atoms with Gasteiger partial charge < -0.3 is 9.84 Å². The van der Waals surface area contributed by atoms with Gasteiger partial charge in [-0.3, -0.25) is 4.98 Å². The van der Waals surface area contributed by atoms with Crippen molar-refractivity contribution in [1.29, 1.82) is 0 Å². The van der Waals surface area contributed by atoms with Crippen LogP contribution in [-0.4, -0.2) is 22.3 Å². The number of aromatic nitrogens is 1. The number of hydrogen-bond acceptors (Lipinski definition) is 3. The van der Waals surface area contributed by atoms with Crippen molar-refractivity contribution in [3.63, 3.8) is 0 Å². The summed E-state index contributed by atoms with van der Waals surface area (Å²) in [6.07, 6.45) is 9.08. The van der Waals surface area contributed by atoms with E-state index in [1.807, 2.05) is 6.07 Å². The number of aliphatic hydroxyl groups is 1. The Balaban J connectivity index is 1.71. The number of nitrogens with zero attached hydrogens (tertiary/aromatic N) is 1. The first kappa shape index (κ1) is 14.3. The molecule has 1 saturated carbocycles. The van der Waals surface area contributed by atoms with Crippen molar-refractivity contribution in [2.45, 2.75) is 56.7 Å². The molecule has 4 heteroatoms. The zero-order chi connectivity index (χ0) is 14.0. The summed E-state index contributed by atoms with van der Waals surface area (Å²) < 4.78 is 6.09. The first-order valence-corrected chi connectivity index (χ1v) is 8.00. The Morgan fingerprint density at radius 1 is 1.30 bits per heavy atom. The second-order valence-corrected chi connectivity index (χ2v) is 6.63. The molecule has 1 aliphatic carbocycles. The molecule has 1 aromatic rings. The van der Waals surface area contributed by atoms with Gasteiger partial charge in [-0.2, -0.15) is 0 Å². The second-order valence-electron chi connectivity index (χ2n) is 6.19. The molecule has 1 aromatic heterocycles. The lowest BCUT2D eigenvalue weighted by Crippen LogP contribution is -2.42. The average Bonchev–Trinajstić information content (AvgIpc) is 2.48. The van der Waals surface area contributed by atoms with Gasteiger partial charge in [-0.15, -0.1) is 0 Å². The van der Waals surface area contributed by atoms with Crippen LogP contribution in [0.3, 0.4) is 0 Å². The maximum absolute atomic E-state index is 10.6. The molecule has 2 heterocycles. The molecule has 2 unspecified atom stereocenters. The van der Waals surface area contributed by atoms with E-state index >= 15 is 0 Å². The summed E-state index contributed by atoms with van der Waals surface area (Å²) in [6.45, 7) is 0.759. The van der Waals surface area contributed by atoms with Crippen LogP contribution in [0.25, 0.3) is 0 Å². The van der Waals surface area contributed by atoms with Crippen molar-refractivity contribution in [3.05, 3.63) is 29.0 Å². The van der Waals surface area contributed by atoms with E-state index in [-0.39, 0.29) is 11.5 Å². The first-order valence-electron chi connectivity index (χ1n) is 7.62. The van der Waals surface area contributed by atoms with E-state index in [1.54, 1.807) is 12.3 Å². The maximum Gasteiger partial charge on any atom is 0.0989 e. The van der Waals surface area contributed by atoms with Crippen LogP contribution in [0.2, 0.25) is 5.02 Å². The molecule has 0 radical (unpaired) electrons. The molecule has 110 valence electrons. The van der Waals surface area contributed by atoms with Gasteiger partial charge >= 0.3 is 0 Å². The van der Waals surface area contributed by atoms with Crippen molar-refractivity contribution >= 4 is 11.6 Å². The highest BCUT2D eigenvalue weighted by molar-refractivity contribution is 6.30. The molecule has 2 fully saturated rings. The molecule has 0 amide bonds. The van der Waals surface area contributed by atoms with Crippen LogP contribution in [0.1, 0.15) is 56.7 Å². The van der Waals surface area contributed by atoms with E-state index in [0.717, 1.165) is 38.0 Å². The van der Waals surface area contributed by atoms with Gasteiger partial charge in [0.1, 0.15) is 0 Å². The normalized spacial score (nSPS) is 27.4. The Labute approximate surface area is 125 Å². The Hall–Kier alpha value is -0.640. The molecule has 3 nitrogen and oxygen atoms in total. The summed E-state index contributed by atoms with van der Waals surface area (Å²) in [4.78, 5) is 4.26. The minimum atomic E-state index is -0.505. The summed E-state index contributed by atoms with van der Waals surface area (Å²) in [5, 5.41) is 11.2.